The van der Waals surface area contributed by atoms with Crippen LogP contribution in [0.25, 0.3) is 10.8 Å². The molecule has 0 aliphatic carbocycles. The Morgan fingerprint density at radius 3 is 2.29 bits per heavy atom. The van der Waals surface area contributed by atoms with E-state index in [-0.39, 0.29) is 16.3 Å². The van der Waals surface area contributed by atoms with Crippen LogP contribution in [-0.2, 0) is 14.8 Å². The molecule has 1 amide bonds. The highest BCUT2D eigenvalue weighted by Crippen LogP contribution is 2.35. The van der Waals surface area contributed by atoms with Crippen LogP contribution in [0.2, 0.25) is 0 Å². The Morgan fingerprint density at radius 1 is 0.853 bits per heavy atom. The van der Waals surface area contributed by atoms with Gasteiger partial charge in [0.2, 0.25) is 5.91 Å². The highest BCUT2D eigenvalue weighted by molar-refractivity contribution is 7.92. The lowest BCUT2D eigenvalue weighted by atomic mass is 10.1. The lowest BCUT2D eigenvalue weighted by Gasteiger charge is -2.26. The Hall–Kier alpha value is -4.04. The van der Waals surface area contributed by atoms with Crippen LogP contribution in [0.15, 0.2) is 95.9 Å². The zero-order valence-electron chi connectivity index (χ0n) is 18.8. The molecule has 4 rings (SSSR count). The zero-order valence-corrected chi connectivity index (χ0v) is 19.6. The number of carbonyl (C=O) groups excluding carboxylic acids is 1. The Kier molecular flexibility index (Phi) is 6.70. The number of nitrogens with one attached hydrogen (secondary N) is 1. The van der Waals surface area contributed by atoms with Crippen LogP contribution < -0.4 is 19.1 Å². The number of sulfonamides is 1. The van der Waals surface area contributed by atoms with Crippen LogP contribution in [0.1, 0.15) is 0 Å². The van der Waals surface area contributed by atoms with Crippen molar-refractivity contribution in [2.75, 3.05) is 30.4 Å². The third kappa shape index (κ3) is 4.67. The molecule has 0 atom stereocenters. The van der Waals surface area contributed by atoms with Gasteiger partial charge < -0.3 is 14.8 Å². The normalized spacial score (nSPS) is 11.1. The predicted octanol–water partition coefficient (Wildman–Crippen LogP) is 4.69. The minimum Gasteiger partial charge on any atom is -0.497 e. The Balaban J connectivity index is 1.74. The van der Waals surface area contributed by atoms with Crippen LogP contribution in [-0.4, -0.2) is 35.1 Å². The lowest BCUT2D eigenvalue weighted by Crippen LogP contribution is -2.38. The van der Waals surface area contributed by atoms with Gasteiger partial charge >= 0.3 is 0 Å². The van der Waals surface area contributed by atoms with E-state index in [1.807, 2.05) is 36.4 Å². The zero-order chi connectivity index (χ0) is 24.1. The molecular formula is C26H24N2O5S. The van der Waals surface area contributed by atoms with Crippen LogP contribution >= 0.6 is 0 Å². The number of hydrogen-bond donors (Lipinski definition) is 1. The second-order valence-corrected chi connectivity index (χ2v) is 9.30. The predicted molar refractivity (Wildman–Crippen MR) is 133 cm³/mol. The molecular weight excluding hydrogens is 452 g/mol. The van der Waals surface area contributed by atoms with Crippen LogP contribution in [0.3, 0.4) is 0 Å². The molecule has 0 saturated heterocycles. The molecule has 0 radical (unpaired) electrons. The molecule has 1 N–H and O–H groups in total. The summed E-state index contributed by atoms with van der Waals surface area (Å²) in [6.45, 7) is -0.455. The van der Waals surface area contributed by atoms with E-state index in [1.165, 1.54) is 26.4 Å². The number of amides is 1. The highest BCUT2D eigenvalue weighted by Gasteiger charge is 2.29. The summed E-state index contributed by atoms with van der Waals surface area (Å²) >= 11 is 0. The Bertz CT molecular complexity index is 1420. The Morgan fingerprint density at radius 2 is 1.56 bits per heavy atom. The van der Waals surface area contributed by atoms with Gasteiger partial charge in [0, 0.05) is 17.1 Å². The summed E-state index contributed by atoms with van der Waals surface area (Å²) in [7, 11) is -1.15. The molecule has 0 saturated carbocycles. The van der Waals surface area contributed by atoms with E-state index in [4.69, 9.17) is 9.47 Å². The molecule has 0 aromatic heterocycles. The van der Waals surface area contributed by atoms with E-state index in [2.05, 4.69) is 5.32 Å². The van der Waals surface area contributed by atoms with E-state index in [1.54, 1.807) is 42.5 Å². The summed E-state index contributed by atoms with van der Waals surface area (Å²) < 4.78 is 38.9. The number of ether oxygens (including phenoxy) is 2. The van der Waals surface area contributed by atoms with Crippen molar-refractivity contribution in [3.8, 4) is 11.5 Å². The summed E-state index contributed by atoms with van der Waals surface area (Å²) in [6, 6.07) is 25.9. The molecule has 7 nitrogen and oxygen atoms in total. The summed E-state index contributed by atoms with van der Waals surface area (Å²) in [5, 5.41) is 4.68. The maximum Gasteiger partial charge on any atom is 0.264 e. The average Bonchev–Trinajstić information content (AvgIpc) is 2.87. The van der Waals surface area contributed by atoms with Gasteiger partial charge in [-0.25, -0.2) is 8.42 Å². The van der Waals surface area contributed by atoms with Crippen LogP contribution in [0.4, 0.5) is 11.4 Å². The first-order valence-corrected chi connectivity index (χ1v) is 12.0. The number of benzene rings is 4. The lowest BCUT2D eigenvalue weighted by molar-refractivity contribution is -0.114. The monoisotopic (exact) mass is 476 g/mol. The SMILES string of the molecule is COc1ccc(N(CC(=O)Nc2cccc3ccccc23)S(=O)(=O)c2ccccc2)c(OC)c1. The van der Waals surface area contributed by atoms with Crippen molar-refractivity contribution in [3.05, 3.63) is 91.0 Å². The van der Waals surface area contributed by atoms with Crippen molar-refractivity contribution in [2.45, 2.75) is 4.90 Å². The van der Waals surface area contributed by atoms with E-state index in [0.717, 1.165) is 15.1 Å². The Labute approximate surface area is 198 Å². The van der Waals surface area contributed by atoms with Crippen molar-refractivity contribution in [2.24, 2.45) is 0 Å². The topological polar surface area (TPSA) is 84.9 Å². The summed E-state index contributed by atoms with van der Waals surface area (Å²) in [5.41, 5.74) is 0.821. The number of methoxy groups -OCH3 is 2. The fourth-order valence-corrected chi connectivity index (χ4v) is 5.12. The maximum atomic E-state index is 13.6. The van der Waals surface area contributed by atoms with Crippen molar-refractivity contribution in [3.63, 3.8) is 0 Å². The van der Waals surface area contributed by atoms with E-state index < -0.39 is 22.5 Å². The molecule has 0 aliphatic heterocycles. The molecule has 0 aliphatic rings. The van der Waals surface area contributed by atoms with Crippen LogP contribution in [0, 0.1) is 0 Å². The molecule has 34 heavy (non-hydrogen) atoms. The maximum absolute atomic E-state index is 13.6. The second-order valence-electron chi connectivity index (χ2n) is 7.44. The minimum atomic E-state index is -4.08. The van der Waals surface area contributed by atoms with Crippen molar-refractivity contribution in [1.29, 1.82) is 0 Å². The van der Waals surface area contributed by atoms with Crippen LogP contribution in [0.5, 0.6) is 11.5 Å². The van der Waals surface area contributed by atoms with Gasteiger partial charge in [-0.2, -0.15) is 0 Å². The van der Waals surface area contributed by atoms with Gasteiger partial charge in [0.25, 0.3) is 10.0 Å². The number of anilines is 2. The first-order chi connectivity index (χ1) is 16.4. The van der Waals surface area contributed by atoms with Gasteiger partial charge in [0.15, 0.2) is 0 Å². The molecule has 0 spiro atoms. The van der Waals surface area contributed by atoms with Gasteiger partial charge in [-0.1, -0.05) is 54.6 Å². The highest BCUT2D eigenvalue weighted by atomic mass is 32.2. The number of carbonyl (C=O) groups is 1. The first kappa shape index (κ1) is 23.1. The molecule has 0 unspecified atom stereocenters. The van der Waals surface area contributed by atoms with E-state index in [9.17, 15) is 13.2 Å². The fraction of sp³-hybridized carbons (Fsp3) is 0.115. The number of fused-ring (bicyclic) bond motifs is 1. The van der Waals surface area contributed by atoms with Gasteiger partial charge in [0.1, 0.15) is 18.0 Å². The van der Waals surface area contributed by atoms with Gasteiger partial charge in [-0.3, -0.25) is 9.10 Å². The summed E-state index contributed by atoms with van der Waals surface area (Å²) in [4.78, 5) is 13.2. The number of hydrogen-bond acceptors (Lipinski definition) is 5. The summed E-state index contributed by atoms with van der Waals surface area (Å²) in [5.74, 6) is 0.267. The third-order valence-corrected chi connectivity index (χ3v) is 7.11. The smallest absolute Gasteiger partial charge is 0.264 e. The fourth-order valence-electron chi connectivity index (χ4n) is 3.66. The molecule has 8 heteroatoms. The first-order valence-electron chi connectivity index (χ1n) is 10.5. The molecule has 4 aromatic rings. The second kappa shape index (κ2) is 9.84. The molecule has 0 heterocycles. The largest absolute Gasteiger partial charge is 0.497 e. The van der Waals surface area contributed by atoms with E-state index >= 15 is 0 Å². The number of rotatable bonds is 8. The molecule has 0 fully saturated rings. The molecule has 4 aromatic carbocycles. The van der Waals surface area contributed by atoms with Gasteiger partial charge in [-0.15, -0.1) is 0 Å². The standard InChI is InChI=1S/C26H24N2O5S/c1-32-20-15-16-24(25(17-20)33-2)28(34(30,31)21-11-4-3-5-12-21)18-26(29)27-23-14-8-10-19-9-6-7-13-22(19)23/h3-17H,18H2,1-2H3,(H,27,29). The summed E-state index contributed by atoms with van der Waals surface area (Å²) in [6.07, 6.45) is 0. The van der Waals surface area contributed by atoms with Gasteiger partial charge in [-0.05, 0) is 35.7 Å². The number of nitrogens with zero attached hydrogens (tertiary/aromatic N) is 1. The van der Waals surface area contributed by atoms with Crippen molar-refractivity contribution >= 4 is 38.1 Å². The van der Waals surface area contributed by atoms with E-state index in [0.29, 0.717) is 11.4 Å². The average molecular weight is 477 g/mol. The minimum absolute atomic E-state index is 0.0610. The quantitative estimate of drug-likeness (QED) is 0.399. The van der Waals surface area contributed by atoms with Crippen molar-refractivity contribution in [1.82, 2.24) is 0 Å². The molecule has 174 valence electrons. The third-order valence-electron chi connectivity index (χ3n) is 5.34. The van der Waals surface area contributed by atoms with Crippen molar-refractivity contribution < 1.29 is 22.7 Å². The van der Waals surface area contributed by atoms with Gasteiger partial charge in [0.05, 0.1) is 24.8 Å². The molecule has 0 bridgehead atoms.